The zero-order valence-corrected chi connectivity index (χ0v) is 21.4. The second kappa shape index (κ2) is 10.8. The molecule has 0 unspecified atom stereocenters. The summed E-state index contributed by atoms with van der Waals surface area (Å²) in [5, 5.41) is 5.04. The molecule has 186 valence electrons. The van der Waals surface area contributed by atoms with Gasteiger partial charge in [0.05, 0.1) is 25.1 Å². The van der Waals surface area contributed by atoms with Crippen molar-refractivity contribution in [3.8, 4) is 0 Å². The van der Waals surface area contributed by atoms with Gasteiger partial charge in [-0.05, 0) is 43.4 Å². The molecular weight excluding hydrogens is 456 g/mol. The van der Waals surface area contributed by atoms with E-state index in [1.807, 2.05) is 11.3 Å². The van der Waals surface area contributed by atoms with Gasteiger partial charge in [0.15, 0.2) is 0 Å². The summed E-state index contributed by atoms with van der Waals surface area (Å²) in [6.07, 6.45) is 4.93. The highest BCUT2D eigenvalue weighted by molar-refractivity contribution is 7.19. The second-order valence-corrected chi connectivity index (χ2v) is 10.9. The molecule has 35 heavy (non-hydrogen) atoms. The molecule has 2 aliphatic heterocycles. The normalized spacial score (nSPS) is 19.7. The fourth-order valence-electron chi connectivity index (χ4n) is 5.56. The predicted molar refractivity (Wildman–Crippen MR) is 144 cm³/mol. The molecule has 0 atom stereocenters. The molecule has 3 aliphatic rings. The number of rotatable bonds is 7. The molecule has 2 aromatic heterocycles. The monoisotopic (exact) mass is 492 g/mol. The lowest BCUT2D eigenvalue weighted by atomic mass is 9.97. The van der Waals surface area contributed by atoms with Crippen molar-refractivity contribution in [2.24, 2.45) is 0 Å². The van der Waals surface area contributed by atoms with Crippen LogP contribution in [0.5, 0.6) is 0 Å². The number of thiophene rings is 1. The number of anilines is 2. The van der Waals surface area contributed by atoms with Crippen molar-refractivity contribution >= 4 is 33.1 Å². The van der Waals surface area contributed by atoms with Crippen molar-refractivity contribution in [3.63, 3.8) is 0 Å². The number of aryl methyl sites for hydroxylation is 2. The van der Waals surface area contributed by atoms with E-state index < -0.39 is 0 Å². The Morgan fingerprint density at radius 1 is 0.886 bits per heavy atom. The Morgan fingerprint density at radius 2 is 1.69 bits per heavy atom. The van der Waals surface area contributed by atoms with Crippen LogP contribution in [0.2, 0.25) is 0 Å². The lowest BCUT2D eigenvalue weighted by molar-refractivity contribution is 0.0331. The third-order valence-electron chi connectivity index (χ3n) is 7.54. The third kappa shape index (κ3) is 5.31. The topological polar surface area (TPSA) is 56.8 Å². The largest absolute Gasteiger partial charge is 0.379 e. The van der Waals surface area contributed by atoms with Crippen LogP contribution in [-0.4, -0.2) is 85.3 Å². The zero-order valence-electron chi connectivity index (χ0n) is 20.5. The first-order valence-corrected chi connectivity index (χ1v) is 14.0. The smallest absolute Gasteiger partial charge is 0.146 e. The Kier molecular flexibility index (Phi) is 7.13. The molecule has 0 radical (unpaired) electrons. The van der Waals surface area contributed by atoms with Crippen molar-refractivity contribution in [2.45, 2.75) is 32.2 Å². The molecule has 0 bridgehead atoms. The number of morpholine rings is 1. The Bertz CT molecular complexity index is 1120. The number of benzene rings is 1. The number of para-hydroxylation sites is 1. The molecule has 7 nitrogen and oxygen atoms in total. The second-order valence-electron chi connectivity index (χ2n) is 9.86. The summed E-state index contributed by atoms with van der Waals surface area (Å²) in [4.78, 5) is 20.3. The number of piperazine rings is 1. The Morgan fingerprint density at radius 3 is 2.51 bits per heavy atom. The summed E-state index contributed by atoms with van der Waals surface area (Å²) in [6.45, 7) is 10.7. The van der Waals surface area contributed by atoms with Crippen LogP contribution in [0.25, 0.3) is 10.2 Å². The van der Waals surface area contributed by atoms with Crippen molar-refractivity contribution in [1.82, 2.24) is 19.8 Å². The molecule has 4 heterocycles. The van der Waals surface area contributed by atoms with E-state index in [1.54, 1.807) is 0 Å². The van der Waals surface area contributed by atoms with Crippen LogP contribution in [0.4, 0.5) is 11.5 Å². The van der Waals surface area contributed by atoms with E-state index in [-0.39, 0.29) is 0 Å². The van der Waals surface area contributed by atoms with Crippen LogP contribution < -0.4 is 10.2 Å². The number of ether oxygens (including phenoxy) is 1. The van der Waals surface area contributed by atoms with Gasteiger partial charge in [-0.15, -0.1) is 11.3 Å². The van der Waals surface area contributed by atoms with Crippen molar-refractivity contribution in [2.75, 3.05) is 75.8 Å². The van der Waals surface area contributed by atoms with Gasteiger partial charge in [-0.25, -0.2) is 9.97 Å². The van der Waals surface area contributed by atoms with E-state index in [9.17, 15) is 0 Å². The first-order chi connectivity index (χ1) is 17.3. The van der Waals surface area contributed by atoms with Crippen LogP contribution in [0.3, 0.4) is 0 Å². The number of nitrogens with one attached hydrogen (secondary N) is 1. The third-order valence-corrected chi connectivity index (χ3v) is 8.73. The van der Waals surface area contributed by atoms with Gasteiger partial charge in [-0.3, -0.25) is 9.80 Å². The SMILES string of the molecule is c1ccc(N2CCN(CCNc3nc(CN4CCOCC4)nc4sc5c(c34)CCCC5)CC2)cc1. The first-order valence-electron chi connectivity index (χ1n) is 13.2. The molecule has 6 rings (SSSR count). The van der Waals surface area contributed by atoms with Gasteiger partial charge in [0.1, 0.15) is 16.5 Å². The molecule has 0 amide bonds. The van der Waals surface area contributed by atoms with Gasteiger partial charge < -0.3 is 15.0 Å². The molecule has 1 N–H and O–H groups in total. The molecule has 0 spiro atoms. The summed E-state index contributed by atoms with van der Waals surface area (Å²) >= 11 is 1.90. The molecular formula is C27H36N6OS. The fourth-order valence-corrected chi connectivity index (χ4v) is 6.84. The summed E-state index contributed by atoms with van der Waals surface area (Å²) < 4.78 is 5.53. The maximum atomic E-state index is 5.53. The first kappa shape index (κ1) is 23.2. The molecule has 1 aliphatic carbocycles. The van der Waals surface area contributed by atoms with Gasteiger partial charge in [0, 0.05) is 62.9 Å². The van der Waals surface area contributed by atoms with E-state index >= 15 is 0 Å². The van der Waals surface area contributed by atoms with Gasteiger partial charge >= 0.3 is 0 Å². The van der Waals surface area contributed by atoms with Crippen molar-refractivity contribution in [1.29, 1.82) is 0 Å². The van der Waals surface area contributed by atoms with E-state index in [4.69, 9.17) is 14.7 Å². The van der Waals surface area contributed by atoms with Gasteiger partial charge in [-0.1, -0.05) is 18.2 Å². The summed E-state index contributed by atoms with van der Waals surface area (Å²) in [6, 6.07) is 10.8. The standard InChI is InChI=1S/C27H36N6OS/c1-2-6-21(7-3-1)33-14-12-31(13-15-33)11-10-28-26-25-22-8-4-5-9-23(22)35-27(25)30-24(29-26)20-32-16-18-34-19-17-32/h1-3,6-7H,4-5,8-20H2,(H,28,29,30). The molecule has 0 saturated carbocycles. The van der Waals surface area contributed by atoms with Crippen LogP contribution in [0.15, 0.2) is 30.3 Å². The Balaban J connectivity index is 1.13. The number of hydrogen-bond acceptors (Lipinski definition) is 8. The van der Waals surface area contributed by atoms with Crippen LogP contribution in [0, 0.1) is 0 Å². The summed E-state index contributed by atoms with van der Waals surface area (Å²) in [5.41, 5.74) is 2.84. The van der Waals surface area contributed by atoms with E-state index in [2.05, 4.69) is 50.3 Å². The number of fused-ring (bicyclic) bond motifs is 3. The minimum absolute atomic E-state index is 0.804. The lowest BCUT2D eigenvalue weighted by Gasteiger charge is -2.36. The van der Waals surface area contributed by atoms with E-state index in [0.29, 0.717) is 0 Å². The number of nitrogens with zero attached hydrogens (tertiary/aromatic N) is 5. The highest BCUT2D eigenvalue weighted by Crippen LogP contribution is 2.38. The van der Waals surface area contributed by atoms with Crippen LogP contribution in [-0.2, 0) is 24.1 Å². The lowest BCUT2D eigenvalue weighted by Crippen LogP contribution is -2.47. The molecule has 8 heteroatoms. The van der Waals surface area contributed by atoms with Crippen molar-refractivity contribution < 1.29 is 4.74 Å². The minimum atomic E-state index is 0.804. The maximum absolute atomic E-state index is 5.53. The average Bonchev–Trinajstić information content (AvgIpc) is 3.29. The Hall–Kier alpha value is -2.26. The predicted octanol–water partition coefficient (Wildman–Crippen LogP) is 3.64. The quantitative estimate of drug-likeness (QED) is 0.540. The highest BCUT2D eigenvalue weighted by atomic mass is 32.1. The minimum Gasteiger partial charge on any atom is -0.379 e. The molecule has 1 aromatic carbocycles. The van der Waals surface area contributed by atoms with Gasteiger partial charge in [-0.2, -0.15) is 0 Å². The van der Waals surface area contributed by atoms with Crippen molar-refractivity contribution in [3.05, 3.63) is 46.6 Å². The fraction of sp³-hybridized carbons (Fsp3) is 0.556. The average molecular weight is 493 g/mol. The maximum Gasteiger partial charge on any atom is 0.146 e. The molecule has 2 fully saturated rings. The van der Waals surface area contributed by atoms with Crippen LogP contribution >= 0.6 is 11.3 Å². The highest BCUT2D eigenvalue weighted by Gasteiger charge is 2.23. The molecule has 3 aromatic rings. The number of aromatic nitrogens is 2. The summed E-state index contributed by atoms with van der Waals surface area (Å²) in [7, 11) is 0. The van der Waals surface area contributed by atoms with E-state index in [1.165, 1.54) is 45.6 Å². The van der Waals surface area contributed by atoms with Gasteiger partial charge in [0.2, 0.25) is 0 Å². The van der Waals surface area contributed by atoms with Crippen LogP contribution in [0.1, 0.15) is 29.1 Å². The number of hydrogen-bond donors (Lipinski definition) is 1. The van der Waals surface area contributed by atoms with Gasteiger partial charge in [0.25, 0.3) is 0 Å². The summed E-state index contributed by atoms with van der Waals surface area (Å²) in [5.74, 6) is 2.00. The Labute approximate surface area is 212 Å². The van der Waals surface area contributed by atoms with E-state index in [0.717, 1.165) is 90.2 Å². The molecule has 2 saturated heterocycles. The zero-order chi connectivity index (χ0) is 23.5.